The molecule has 1 amide bonds. The van der Waals surface area contributed by atoms with Crippen LogP contribution in [0.4, 0.5) is 0 Å². The van der Waals surface area contributed by atoms with Crippen LogP contribution in [0.3, 0.4) is 0 Å². The first-order valence-corrected chi connectivity index (χ1v) is 9.56. The largest absolute Gasteiger partial charge is 0.342 e. The zero-order chi connectivity index (χ0) is 16.9. The lowest BCUT2D eigenvalue weighted by molar-refractivity contribution is -0.132. The van der Waals surface area contributed by atoms with Crippen molar-refractivity contribution in [1.29, 1.82) is 0 Å². The Kier molecular flexibility index (Phi) is 5.61. The van der Waals surface area contributed by atoms with E-state index in [0.29, 0.717) is 12.3 Å². The van der Waals surface area contributed by atoms with Gasteiger partial charge in [0.05, 0.1) is 10.7 Å². The van der Waals surface area contributed by atoms with Gasteiger partial charge in [-0.05, 0) is 51.7 Å². The van der Waals surface area contributed by atoms with Gasteiger partial charge in [-0.25, -0.2) is 4.98 Å². The third kappa shape index (κ3) is 4.20. The van der Waals surface area contributed by atoms with Gasteiger partial charge in [0.2, 0.25) is 5.91 Å². The molecule has 0 unspecified atom stereocenters. The van der Waals surface area contributed by atoms with Crippen molar-refractivity contribution in [3.63, 3.8) is 0 Å². The second-order valence-corrected chi connectivity index (χ2v) is 7.78. The van der Waals surface area contributed by atoms with E-state index in [0.717, 1.165) is 50.2 Å². The maximum atomic E-state index is 12.5. The second kappa shape index (κ2) is 7.88. The van der Waals surface area contributed by atoms with Crippen LogP contribution in [0.25, 0.3) is 0 Å². The number of likely N-dealkylation sites (tertiary alicyclic amines) is 1. The molecule has 1 saturated heterocycles. The molecule has 0 bridgehead atoms. The first-order chi connectivity index (χ1) is 11.6. The summed E-state index contributed by atoms with van der Waals surface area (Å²) in [6.45, 7) is 5.91. The number of rotatable bonds is 5. The Morgan fingerprint density at radius 2 is 2.25 bits per heavy atom. The Hall–Kier alpha value is -1.75. The molecule has 5 heteroatoms. The molecule has 0 radical (unpaired) electrons. The molecule has 1 fully saturated rings. The summed E-state index contributed by atoms with van der Waals surface area (Å²) in [7, 11) is 0. The monoisotopic (exact) mass is 343 g/mol. The van der Waals surface area contributed by atoms with E-state index in [9.17, 15) is 4.79 Å². The number of amides is 1. The molecule has 0 saturated carbocycles. The van der Waals surface area contributed by atoms with Crippen molar-refractivity contribution in [2.45, 2.75) is 51.9 Å². The molecule has 1 aliphatic rings. The number of piperidine rings is 1. The summed E-state index contributed by atoms with van der Waals surface area (Å²) in [6, 6.07) is 5.94. The zero-order valence-corrected chi connectivity index (χ0v) is 15.3. The number of hydrogen-bond donors (Lipinski definition) is 0. The number of thiazole rings is 1. The van der Waals surface area contributed by atoms with Gasteiger partial charge in [-0.3, -0.25) is 9.78 Å². The molecule has 24 heavy (non-hydrogen) atoms. The quantitative estimate of drug-likeness (QED) is 0.827. The molecule has 2 aromatic heterocycles. The number of carbonyl (C=O) groups excluding carboxylic acids is 1. The predicted molar refractivity (Wildman–Crippen MR) is 97.3 cm³/mol. The van der Waals surface area contributed by atoms with Crippen molar-refractivity contribution in [2.75, 3.05) is 13.1 Å². The molecule has 2 aromatic rings. The lowest BCUT2D eigenvalue weighted by Gasteiger charge is -2.32. The minimum atomic E-state index is 0.278. The molecule has 1 atom stereocenters. The minimum absolute atomic E-state index is 0.278. The highest BCUT2D eigenvalue weighted by molar-refractivity contribution is 7.11. The molecule has 0 N–H and O–H groups in total. The summed E-state index contributed by atoms with van der Waals surface area (Å²) in [6.07, 6.45) is 6.38. The van der Waals surface area contributed by atoms with Crippen LogP contribution in [-0.4, -0.2) is 33.9 Å². The third-order valence-corrected chi connectivity index (χ3v) is 5.95. The van der Waals surface area contributed by atoms with E-state index in [4.69, 9.17) is 4.98 Å². The Bertz CT molecular complexity index is 664. The standard InChI is InChI=1S/C19H25N3OS/c1-14-15(2)24-19(21-14)16-7-6-12-22(13-16)18(23)10-5-9-17-8-3-4-11-20-17/h3-4,8,11,16H,5-7,9-10,12-13H2,1-2H3/t16-/m0/s1. The Morgan fingerprint density at radius 3 is 2.96 bits per heavy atom. The summed E-state index contributed by atoms with van der Waals surface area (Å²) >= 11 is 1.79. The number of nitrogens with zero attached hydrogens (tertiary/aromatic N) is 3. The van der Waals surface area contributed by atoms with E-state index in [1.54, 1.807) is 11.3 Å². The van der Waals surface area contributed by atoms with Gasteiger partial charge in [0, 0.05) is 42.2 Å². The smallest absolute Gasteiger partial charge is 0.222 e. The van der Waals surface area contributed by atoms with Gasteiger partial charge >= 0.3 is 0 Å². The highest BCUT2D eigenvalue weighted by Gasteiger charge is 2.26. The van der Waals surface area contributed by atoms with Crippen molar-refractivity contribution in [2.24, 2.45) is 0 Å². The normalized spacial score (nSPS) is 17.9. The van der Waals surface area contributed by atoms with E-state index in [2.05, 4.69) is 18.8 Å². The molecular formula is C19H25N3OS. The SMILES string of the molecule is Cc1nc([C@H]2CCCN(C(=O)CCCc3ccccn3)C2)sc1C. The molecule has 3 heterocycles. The van der Waals surface area contributed by atoms with Crippen LogP contribution in [0.1, 0.15) is 52.9 Å². The molecule has 0 aromatic carbocycles. The van der Waals surface area contributed by atoms with E-state index in [-0.39, 0.29) is 5.91 Å². The third-order valence-electron chi connectivity index (χ3n) is 4.72. The lowest BCUT2D eigenvalue weighted by atomic mass is 9.98. The van der Waals surface area contributed by atoms with Gasteiger partial charge in [-0.15, -0.1) is 11.3 Å². The number of aryl methyl sites for hydroxylation is 3. The number of aromatic nitrogens is 2. The first-order valence-electron chi connectivity index (χ1n) is 8.75. The van der Waals surface area contributed by atoms with E-state index >= 15 is 0 Å². The average molecular weight is 343 g/mol. The fraction of sp³-hybridized carbons (Fsp3) is 0.526. The second-order valence-electron chi connectivity index (χ2n) is 6.55. The molecular weight excluding hydrogens is 318 g/mol. The van der Waals surface area contributed by atoms with Crippen LogP contribution >= 0.6 is 11.3 Å². The zero-order valence-electron chi connectivity index (χ0n) is 14.5. The lowest BCUT2D eigenvalue weighted by Crippen LogP contribution is -2.39. The Labute approximate surface area is 147 Å². The van der Waals surface area contributed by atoms with Crippen LogP contribution in [-0.2, 0) is 11.2 Å². The summed E-state index contributed by atoms with van der Waals surface area (Å²) in [5, 5.41) is 1.20. The summed E-state index contributed by atoms with van der Waals surface area (Å²) < 4.78 is 0. The van der Waals surface area contributed by atoms with Crippen molar-refractivity contribution in [3.05, 3.63) is 45.7 Å². The maximum Gasteiger partial charge on any atom is 0.222 e. The van der Waals surface area contributed by atoms with Gasteiger partial charge in [0.1, 0.15) is 0 Å². The van der Waals surface area contributed by atoms with E-state index in [1.165, 1.54) is 9.88 Å². The highest BCUT2D eigenvalue weighted by atomic mass is 32.1. The van der Waals surface area contributed by atoms with Crippen molar-refractivity contribution in [3.8, 4) is 0 Å². The summed E-state index contributed by atoms with van der Waals surface area (Å²) in [4.78, 5) is 24.9. The molecule has 0 aliphatic carbocycles. The average Bonchev–Trinajstić information content (AvgIpc) is 2.95. The topological polar surface area (TPSA) is 46.1 Å². The molecule has 4 nitrogen and oxygen atoms in total. The van der Waals surface area contributed by atoms with Crippen molar-refractivity contribution in [1.82, 2.24) is 14.9 Å². The van der Waals surface area contributed by atoms with Gasteiger partial charge in [-0.1, -0.05) is 6.07 Å². The molecule has 128 valence electrons. The van der Waals surface area contributed by atoms with Gasteiger partial charge in [0.25, 0.3) is 0 Å². The predicted octanol–water partition coefficient (Wildman–Crippen LogP) is 3.88. The van der Waals surface area contributed by atoms with Crippen molar-refractivity contribution >= 4 is 17.2 Å². The Balaban J connectivity index is 1.51. The minimum Gasteiger partial charge on any atom is -0.342 e. The summed E-state index contributed by atoms with van der Waals surface area (Å²) in [5.74, 6) is 0.691. The van der Waals surface area contributed by atoms with Gasteiger partial charge < -0.3 is 4.90 Å². The molecule has 1 aliphatic heterocycles. The van der Waals surface area contributed by atoms with E-state index in [1.807, 2.05) is 29.3 Å². The van der Waals surface area contributed by atoms with Crippen LogP contribution in [0.5, 0.6) is 0 Å². The fourth-order valence-corrected chi connectivity index (χ4v) is 4.25. The maximum absolute atomic E-state index is 12.5. The number of carbonyl (C=O) groups is 1. The molecule has 0 spiro atoms. The van der Waals surface area contributed by atoms with Crippen LogP contribution in [0, 0.1) is 13.8 Å². The Morgan fingerprint density at radius 1 is 1.38 bits per heavy atom. The highest BCUT2D eigenvalue weighted by Crippen LogP contribution is 2.31. The van der Waals surface area contributed by atoms with Crippen LogP contribution in [0.2, 0.25) is 0 Å². The van der Waals surface area contributed by atoms with Crippen molar-refractivity contribution < 1.29 is 4.79 Å². The summed E-state index contributed by atoms with van der Waals surface area (Å²) in [5.41, 5.74) is 2.20. The van der Waals surface area contributed by atoms with E-state index < -0.39 is 0 Å². The molecule has 3 rings (SSSR count). The van der Waals surface area contributed by atoms with Gasteiger partial charge in [0.15, 0.2) is 0 Å². The fourth-order valence-electron chi connectivity index (χ4n) is 3.20. The van der Waals surface area contributed by atoms with Gasteiger partial charge in [-0.2, -0.15) is 0 Å². The number of hydrogen-bond acceptors (Lipinski definition) is 4. The first kappa shape index (κ1) is 17.1. The van der Waals surface area contributed by atoms with Crippen LogP contribution < -0.4 is 0 Å². The van der Waals surface area contributed by atoms with Crippen LogP contribution in [0.15, 0.2) is 24.4 Å². The number of pyridine rings is 1.